The second-order valence-electron chi connectivity index (χ2n) is 8.06. The average molecular weight is 451 g/mol. The fourth-order valence-corrected chi connectivity index (χ4v) is 4.82. The number of aliphatic hydroxyl groups excluding tert-OH is 1. The lowest BCUT2D eigenvalue weighted by Gasteiger charge is -2.31. The summed E-state index contributed by atoms with van der Waals surface area (Å²) in [4.78, 5) is 7.30. The number of anilines is 2. The Morgan fingerprint density at radius 2 is 2.00 bits per heavy atom. The molecule has 2 fully saturated rings. The molecule has 2 atom stereocenters. The topological polar surface area (TPSA) is 77.7 Å². The number of likely N-dealkylation sites (tertiary alicyclic amines) is 1. The Hall–Kier alpha value is -1.38. The van der Waals surface area contributed by atoms with Crippen molar-refractivity contribution in [3.8, 4) is 0 Å². The van der Waals surface area contributed by atoms with Gasteiger partial charge in [-0.15, -0.1) is 0 Å². The summed E-state index contributed by atoms with van der Waals surface area (Å²) in [5.74, 6) is 2.11. The predicted octanol–water partition coefficient (Wildman–Crippen LogP) is 3.35. The van der Waals surface area contributed by atoms with Crippen molar-refractivity contribution in [3.63, 3.8) is 0 Å². The molecule has 1 saturated carbocycles. The molecule has 1 saturated heterocycles. The maximum absolute atomic E-state index is 9.71. The number of nitrogens with one attached hydrogen (secondary N) is 2. The van der Waals surface area contributed by atoms with Crippen molar-refractivity contribution in [1.82, 2.24) is 19.5 Å². The smallest absolute Gasteiger partial charge is 0.173 e. The summed E-state index contributed by atoms with van der Waals surface area (Å²) in [6, 6.07) is 2.32. The first kappa shape index (κ1) is 19.9. The first-order valence-corrected chi connectivity index (χ1v) is 11.4. The minimum Gasteiger partial charge on any atom is -0.396 e. The van der Waals surface area contributed by atoms with Crippen molar-refractivity contribution in [1.29, 1.82) is 0 Å². The van der Waals surface area contributed by atoms with Crippen LogP contribution in [0.15, 0.2) is 16.7 Å². The molecule has 2 aromatic heterocycles. The van der Waals surface area contributed by atoms with E-state index >= 15 is 0 Å². The summed E-state index contributed by atoms with van der Waals surface area (Å²) in [5, 5.41) is 21.3. The Morgan fingerprint density at radius 3 is 2.82 bits per heavy atom. The molecule has 4 rings (SSSR count). The quantitative estimate of drug-likeness (QED) is 0.535. The van der Waals surface area contributed by atoms with Gasteiger partial charge in [0, 0.05) is 31.2 Å². The van der Waals surface area contributed by atoms with Crippen molar-refractivity contribution < 1.29 is 5.11 Å². The van der Waals surface area contributed by atoms with Gasteiger partial charge in [0.05, 0.1) is 10.7 Å². The van der Waals surface area contributed by atoms with Gasteiger partial charge in [-0.05, 0) is 67.7 Å². The maximum Gasteiger partial charge on any atom is 0.173 e. The van der Waals surface area contributed by atoms with Gasteiger partial charge in [-0.1, -0.05) is 12.8 Å². The van der Waals surface area contributed by atoms with Gasteiger partial charge in [-0.3, -0.25) is 0 Å². The zero-order valence-corrected chi connectivity index (χ0v) is 18.0. The molecule has 28 heavy (non-hydrogen) atoms. The van der Waals surface area contributed by atoms with Gasteiger partial charge >= 0.3 is 0 Å². The van der Waals surface area contributed by atoms with Crippen LogP contribution in [0.1, 0.15) is 44.9 Å². The molecule has 0 aromatic carbocycles. The summed E-state index contributed by atoms with van der Waals surface area (Å²) < 4.78 is 2.74. The molecule has 8 heteroatoms. The van der Waals surface area contributed by atoms with E-state index in [0.717, 1.165) is 54.1 Å². The molecule has 2 aromatic rings. The first-order chi connectivity index (χ1) is 13.7. The maximum atomic E-state index is 9.71. The lowest BCUT2D eigenvalue weighted by molar-refractivity contribution is 0.178. The van der Waals surface area contributed by atoms with Crippen LogP contribution in [0.25, 0.3) is 5.65 Å². The van der Waals surface area contributed by atoms with Gasteiger partial charge in [0.2, 0.25) is 0 Å². The summed E-state index contributed by atoms with van der Waals surface area (Å²) >= 11 is 3.56. The Balaban J connectivity index is 1.45. The molecule has 1 aliphatic carbocycles. The monoisotopic (exact) mass is 450 g/mol. The summed E-state index contributed by atoms with van der Waals surface area (Å²) in [5.41, 5.74) is 0.809. The molecule has 2 aliphatic rings. The molecule has 7 nitrogen and oxygen atoms in total. The normalized spacial score (nSPS) is 23.4. The number of rotatable bonds is 8. The molecule has 154 valence electrons. The van der Waals surface area contributed by atoms with E-state index in [2.05, 4.69) is 36.6 Å². The van der Waals surface area contributed by atoms with Crippen LogP contribution < -0.4 is 10.6 Å². The molecule has 3 N–H and O–H groups in total. The molecule has 3 heterocycles. The van der Waals surface area contributed by atoms with E-state index in [1.807, 2.05) is 10.6 Å². The van der Waals surface area contributed by atoms with Crippen LogP contribution in [0.4, 0.5) is 11.6 Å². The van der Waals surface area contributed by atoms with Crippen molar-refractivity contribution in [2.24, 2.45) is 5.92 Å². The van der Waals surface area contributed by atoms with Crippen LogP contribution in [-0.4, -0.2) is 63.4 Å². The minimum absolute atomic E-state index is 0.234. The van der Waals surface area contributed by atoms with Gasteiger partial charge in [0.15, 0.2) is 5.65 Å². The van der Waals surface area contributed by atoms with Crippen LogP contribution >= 0.6 is 15.9 Å². The molecule has 0 radical (unpaired) electrons. The molecular formula is C20H31BrN6O. The summed E-state index contributed by atoms with van der Waals surface area (Å²) in [6.07, 6.45) is 10.1. The van der Waals surface area contributed by atoms with Crippen molar-refractivity contribution in [2.75, 3.05) is 43.4 Å². The Labute approximate surface area is 175 Å². The average Bonchev–Trinajstić information content (AvgIpc) is 3.36. The second-order valence-corrected chi connectivity index (χ2v) is 8.92. The Kier molecular flexibility index (Phi) is 6.69. The molecule has 0 spiro atoms. The zero-order valence-electron chi connectivity index (χ0n) is 16.4. The van der Waals surface area contributed by atoms with E-state index in [1.165, 1.54) is 38.8 Å². The van der Waals surface area contributed by atoms with E-state index in [4.69, 9.17) is 4.98 Å². The molecule has 1 aliphatic heterocycles. The third kappa shape index (κ3) is 4.60. The van der Waals surface area contributed by atoms with Gasteiger partial charge in [0.1, 0.15) is 11.6 Å². The third-order valence-corrected chi connectivity index (χ3v) is 6.62. The van der Waals surface area contributed by atoms with Gasteiger partial charge in [-0.25, -0.2) is 4.98 Å². The van der Waals surface area contributed by atoms with E-state index in [1.54, 1.807) is 6.20 Å². The fourth-order valence-electron chi connectivity index (χ4n) is 4.47. The predicted molar refractivity (Wildman–Crippen MR) is 116 cm³/mol. The highest BCUT2D eigenvalue weighted by molar-refractivity contribution is 9.10. The molecular weight excluding hydrogens is 420 g/mol. The lowest BCUT2D eigenvalue weighted by atomic mass is 9.85. The summed E-state index contributed by atoms with van der Waals surface area (Å²) in [7, 11) is 0. The fraction of sp³-hybridized carbons (Fsp3) is 0.700. The number of halogens is 1. The number of hydrogen-bond acceptors (Lipinski definition) is 6. The third-order valence-electron chi connectivity index (χ3n) is 6.06. The van der Waals surface area contributed by atoms with E-state index in [0.29, 0.717) is 5.92 Å². The van der Waals surface area contributed by atoms with Gasteiger partial charge in [-0.2, -0.15) is 9.61 Å². The number of aliphatic hydroxyl groups is 1. The van der Waals surface area contributed by atoms with E-state index in [9.17, 15) is 5.11 Å². The van der Waals surface area contributed by atoms with E-state index in [-0.39, 0.29) is 12.6 Å². The van der Waals surface area contributed by atoms with Crippen molar-refractivity contribution >= 4 is 33.2 Å². The van der Waals surface area contributed by atoms with Gasteiger partial charge in [0.25, 0.3) is 0 Å². The number of aromatic nitrogens is 3. The molecule has 0 bridgehead atoms. The summed E-state index contributed by atoms with van der Waals surface area (Å²) in [6.45, 7) is 4.78. The van der Waals surface area contributed by atoms with Crippen molar-refractivity contribution in [3.05, 3.63) is 16.7 Å². The number of nitrogens with zero attached hydrogens (tertiary/aromatic N) is 4. The Bertz CT molecular complexity index is 775. The Morgan fingerprint density at radius 1 is 1.18 bits per heavy atom. The standard InChI is InChI=1S/C20H31BrN6O/c21-16-13-23-27-19(22-8-5-11-26-9-3-4-10-26)12-18(25-20(16)27)24-17-7-2-1-6-15(17)14-28/h12-13,15,17,22,28H,1-11,14H2,(H,24,25)/t15-,17-/m0/s1. The highest BCUT2D eigenvalue weighted by atomic mass is 79.9. The van der Waals surface area contributed by atoms with E-state index < -0.39 is 0 Å². The van der Waals surface area contributed by atoms with Crippen LogP contribution in [-0.2, 0) is 0 Å². The lowest BCUT2D eigenvalue weighted by Crippen LogP contribution is -2.34. The van der Waals surface area contributed by atoms with Crippen LogP contribution in [0.2, 0.25) is 0 Å². The van der Waals surface area contributed by atoms with Crippen molar-refractivity contribution in [2.45, 2.75) is 51.0 Å². The first-order valence-electron chi connectivity index (χ1n) is 10.6. The van der Waals surface area contributed by atoms with Crippen LogP contribution in [0, 0.1) is 5.92 Å². The second kappa shape index (κ2) is 9.41. The molecule has 0 unspecified atom stereocenters. The molecule has 0 amide bonds. The van der Waals surface area contributed by atoms with Crippen LogP contribution in [0.3, 0.4) is 0 Å². The number of fused-ring (bicyclic) bond motifs is 1. The minimum atomic E-state index is 0.234. The van der Waals surface area contributed by atoms with Gasteiger partial charge < -0.3 is 20.6 Å². The largest absolute Gasteiger partial charge is 0.396 e. The number of hydrogen-bond donors (Lipinski definition) is 3. The highest BCUT2D eigenvalue weighted by Crippen LogP contribution is 2.28. The van der Waals surface area contributed by atoms with Crippen LogP contribution in [0.5, 0.6) is 0 Å². The zero-order chi connectivity index (χ0) is 19.3. The SMILES string of the molecule is OC[C@@H]1CCCC[C@@H]1Nc1cc(NCCCN2CCCC2)n2ncc(Br)c2n1. The highest BCUT2D eigenvalue weighted by Gasteiger charge is 2.25.